The molecule has 3 fully saturated rings. The average Bonchev–Trinajstić information content (AvgIpc) is 2.71. The lowest BCUT2D eigenvalue weighted by Crippen LogP contribution is -2.47. The Morgan fingerprint density at radius 3 is 2.00 bits per heavy atom. The Balaban J connectivity index is 1.83. The van der Waals surface area contributed by atoms with E-state index in [-0.39, 0.29) is 42.2 Å². The van der Waals surface area contributed by atoms with E-state index in [4.69, 9.17) is 0 Å². The summed E-state index contributed by atoms with van der Waals surface area (Å²) in [6.07, 6.45) is 7.88. The maximum absolute atomic E-state index is 12.5. The summed E-state index contributed by atoms with van der Waals surface area (Å²) in [5.74, 6) is 0.104. The fraction of sp³-hybridized carbons (Fsp3) is 0.867. The Hall–Kier alpha value is -0.900. The van der Waals surface area contributed by atoms with Gasteiger partial charge in [-0.1, -0.05) is 25.7 Å². The number of imide groups is 1. The Morgan fingerprint density at radius 2 is 1.42 bits per heavy atom. The lowest BCUT2D eigenvalue weighted by Gasteiger charge is -2.36. The first kappa shape index (κ1) is 13.1. The summed E-state index contributed by atoms with van der Waals surface area (Å²) in [4.78, 5) is 26.6. The smallest absolute Gasteiger partial charge is 0.233 e. The molecule has 1 N–H and O–H groups in total. The molecular formula is C15H23NO3. The molecule has 19 heavy (non-hydrogen) atoms. The lowest BCUT2D eigenvalue weighted by atomic mass is 9.81. The van der Waals surface area contributed by atoms with Gasteiger partial charge in [0.25, 0.3) is 0 Å². The molecule has 0 aromatic carbocycles. The molecular weight excluding hydrogens is 242 g/mol. The zero-order valence-corrected chi connectivity index (χ0v) is 11.4. The van der Waals surface area contributed by atoms with Gasteiger partial charge in [-0.25, -0.2) is 0 Å². The number of hydrogen-bond donors (Lipinski definition) is 1. The molecule has 4 unspecified atom stereocenters. The number of fused-ring (bicyclic) bond motifs is 1. The van der Waals surface area contributed by atoms with E-state index in [1.54, 1.807) is 4.90 Å². The minimum atomic E-state index is -0.0532. The molecule has 3 aliphatic rings. The van der Waals surface area contributed by atoms with Crippen LogP contribution in [0.1, 0.15) is 51.4 Å². The van der Waals surface area contributed by atoms with Crippen LogP contribution in [0.25, 0.3) is 0 Å². The third kappa shape index (κ3) is 2.10. The summed E-state index contributed by atoms with van der Waals surface area (Å²) in [6, 6.07) is -0.0376. The average molecular weight is 265 g/mol. The Bertz CT molecular complexity index is 358. The Morgan fingerprint density at radius 1 is 0.895 bits per heavy atom. The maximum atomic E-state index is 12.5. The van der Waals surface area contributed by atoms with E-state index in [2.05, 4.69) is 0 Å². The molecule has 4 heteroatoms. The molecule has 0 aromatic rings. The van der Waals surface area contributed by atoms with Crippen LogP contribution in [0.2, 0.25) is 0 Å². The van der Waals surface area contributed by atoms with E-state index < -0.39 is 0 Å². The Kier molecular flexibility index (Phi) is 3.61. The molecule has 3 rings (SSSR count). The van der Waals surface area contributed by atoms with Gasteiger partial charge in [0.05, 0.1) is 11.8 Å². The molecule has 1 saturated heterocycles. The van der Waals surface area contributed by atoms with Gasteiger partial charge in [0, 0.05) is 18.6 Å². The molecule has 4 nitrogen and oxygen atoms in total. The van der Waals surface area contributed by atoms with Crippen LogP contribution in [-0.2, 0) is 9.59 Å². The summed E-state index contributed by atoms with van der Waals surface area (Å²) >= 11 is 0. The summed E-state index contributed by atoms with van der Waals surface area (Å²) in [5.41, 5.74) is 0. The number of nitrogens with zero attached hydrogens (tertiary/aromatic N) is 1. The monoisotopic (exact) mass is 265 g/mol. The third-order valence-electron chi connectivity index (χ3n) is 5.31. The molecule has 2 aliphatic carbocycles. The van der Waals surface area contributed by atoms with E-state index in [1.165, 1.54) is 0 Å². The summed E-state index contributed by atoms with van der Waals surface area (Å²) < 4.78 is 0. The zero-order chi connectivity index (χ0) is 13.4. The van der Waals surface area contributed by atoms with Gasteiger partial charge in [-0.15, -0.1) is 0 Å². The number of aliphatic hydroxyl groups is 1. The molecule has 1 aliphatic heterocycles. The highest BCUT2D eigenvalue weighted by molar-refractivity contribution is 6.05. The van der Waals surface area contributed by atoms with Crippen molar-refractivity contribution in [2.45, 2.75) is 57.4 Å². The summed E-state index contributed by atoms with van der Waals surface area (Å²) in [7, 11) is 0. The van der Waals surface area contributed by atoms with Crippen molar-refractivity contribution in [3.8, 4) is 0 Å². The highest BCUT2D eigenvalue weighted by Crippen LogP contribution is 2.41. The van der Waals surface area contributed by atoms with Gasteiger partial charge in [0.15, 0.2) is 0 Å². The Labute approximate surface area is 114 Å². The first-order valence-electron chi connectivity index (χ1n) is 7.72. The van der Waals surface area contributed by atoms with Crippen LogP contribution in [0.3, 0.4) is 0 Å². The fourth-order valence-corrected chi connectivity index (χ4v) is 4.26. The van der Waals surface area contributed by atoms with Crippen LogP contribution in [0, 0.1) is 17.8 Å². The predicted molar refractivity (Wildman–Crippen MR) is 70.1 cm³/mol. The fourth-order valence-electron chi connectivity index (χ4n) is 4.26. The predicted octanol–water partition coefficient (Wildman–Crippen LogP) is 1.71. The van der Waals surface area contributed by atoms with Crippen molar-refractivity contribution in [3.05, 3.63) is 0 Å². The van der Waals surface area contributed by atoms with Crippen molar-refractivity contribution in [3.63, 3.8) is 0 Å². The van der Waals surface area contributed by atoms with Gasteiger partial charge in [-0.3, -0.25) is 14.5 Å². The molecule has 0 radical (unpaired) electrons. The molecule has 106 valence electrons. The molecule has 2 amide bonds. The van der Waals surface area contributed by atoms with Crippen LogP contribution in [0.5, 0.6) is 0 Å². The number of likely N-dealkylation sites (tertiary alicyclic amines) is 1. The van der Waals surface area contributed by atoms with Gasteiger partial charge in [0.2, 0.25) is 11.8 Å². The van der Waals surface area contributed by atoms with Gasteiger partial charge >= 0.3 is 0 Å². The summed E-state index contributed by atoms with van der Waals surface area (Å²) in [5, 5.41) is 9.50. The second-order valence-corrected chi connectivity index (χ2v) is 6.34. The van der Waals surface area contributed by atoms with Crippen LogP contribution in [0.15, 0.2) is 0 Å². The van der Waals surface area contributed by atoms with Crippen LogP contribution in [0.4, 0.5) is 0 Å². The van der Waals surface area contributed by atoms with E-state index in [9.17, 15) is 14.7 Å². The van der Waals surface area contributed by atoms with E-state index >= 15 is 0 Å². The second kappa shape index (κ2) is 5.23. The van der Waals surface area contributed by atoms with Gasteiger partial charge in [-0.05, 0) is 25.7 Å². The highest BCUT2D eigenvalue weighted by atomic mass is 16.3. The molecule has 0 bridgehead atoms. The topological polar surface area (TPSA) is 57.6 Å². The maximum Gasteiger partial charge on any atom is 0.233 e. The first-order chi connectivity index (χ1) is 9.24. The van der Waals surface area contributed by atoms with Crippen LogP contribution >= 0.6 is 0 Å². The lowest BCUT2D eigenvalue weighted by molar-refractivity contribution is -0.145. The van der Waals surface area contributed by atoms with Crippen LogP contribution < -0.4 is 0 Å². The molecule has 2 saturated carbocycles. The normalized spacial score (nSPS) is 39.5. The van der Waals surface area contributed by atoms with Gasteiger partial charge in [-0.2, -0.15) is 0 Å². The molecule has 1 heterocycles. The number of carbonyl (C=O) groups is 2. The van der Waals surface area contributed by atoms with Crippen molar-refractivity contribution >= 4 is 11.8 Å². The quantitative estimate of drug-likeness (QED) is 0.773. The van der Waals surface area contributed by atoms with Gasteiger partial charge < -0.3 is 5.11 Å². The number of amides is 2. The van der Waals surface area contributed by atoms with Crippen molar-refractivity contribution in [2.75, 3.05) is 6.61 Å². The number of rotatable bonds is 2. The molecule has 4 atom stereocenters. The number of carbonyl (C=O) groups excluding carboxylic acids is 2. The standard InChI is InChI=1S/C15H23NO3/c17-9-10-5-1-4-8-13(10)16-14(18)11-6-2-3-7-12(11)15(16)19/h10-13,17H,1-9H2. The zero-order valence-electron chi connectivity index (χ0n) is 11.4. The van der Waals surface area contributed by atoms with Crippen molar-refractivity contribution in [1.82, 2.24) is 4.90 Å². The van der Waals surface area contributed by atoms with Crippen molar-refractivity contribution in [2.24, 2.45) is 17.8 Å². The third-order valence-corrected chi connectivity index (χ3v) is 5.31. The SMILES string of the molecule is O=C1C2CCCCC2C(=O)N1C1CCCCC1CO. The first-order valence-corrected chi connectivity index (χ1v) is 7.72. The number of aliphatic hydroxyl groups excluding tert-OH is 1. The minimum Gasteiger partial charge on any atom is -0.396 e. The molecule has 0 aromatic heterocycles. The van der Waals surface area contributed by atoms with Gasteiger partial charge in [0.1, 0.15) is 0 Å². The van der Waals surface area contributed by atoms with Crippen molar-refractivity contribution < 1.29 is 14.7 Å². The van der Waals surface area contributed by atoms with E-state index in [0.29, 0.717) is 0 Å². The second-order valence-electron chi connectivity index (χ2n) is 6.34. The minimum absolute atomic E-state index is 0.0376. The number of hydrogen-bond acceptors (Lipinski definition) is 3. The van der Waals surface area contributed by atoms with E-state index in [0.717, 1.165) is 51.4 Å². The summed E-state index contributed by atoms with van der Waals surface area (Å²) in [6.45, 7) is 0.0943. The van der Waals surface area contributed by atoms with Crippen LogP contribution in [-0.4, -0.2) is 34.5 Å². The van der Waals surface area contributed by atoms with E-state index in [1.807, 2.05) is 0 Å². The largest absolute Gasteiger partial charge is 0.396 e. The van der Waals surface area contributed by atoms with Crippen molar-refractivity contribution in [1.29, 1.82) is 0 Å². The highest BCUT2D eigenvalue weighted by Gasteiger charge is 2.51. The molecule has 0 spiro atoms.